The molecule has 0 amide bonds. The summed E-state index contributed by atoms with van der Waals surface area (Å²) in [5, 5.41) is 16.8. The highest BCUT2D eigenvalue weighted by molar-refractivity contribution is 7.80. The van der Waals surface area contributed by atoms with Crippen molar-refractivity contribution in [2.24, 2.45) is 0 Å². The summed E-state index contributed by atoms with van der Waals surface area (Å²) >= 11 is 5.12. The van der Waals surface area contributed by atoms with E-state index >= 15 is 0 Å². The third kappa shape index (κ3) is 4.77. The summed E-state index contributed by atoms with van der Waals surface area (Å²) in [5.74, 6) is 0.455. The topological polar surface area (TPSA) is 93.0 Å². The summed E-state index contributed by atoms with van der Waals surface area (Å²) in [7, 11) is 0. The number of thiocarbonyl (C=S) groups is 1. The Bertz CT molecular complexity index is 618. The summed E-state index contributed by atoms with van der Waals surface area (Å²) in [6.07, 6.45) is 3.67. The van der Waals surface area contributed by atoms with E-state index in [1.807, 2.05) is 18.2 Å². The lowest BCUT2D eigenvalue weighted by Gasteiger charge is -2.09. The van der Waals surface area contributed by atoms with Crippen LogP contribution in [-0.4, -0.2) is 26.5 Å². The molecule has 2 heterocycles. The van der Waals surface area contributed by atoms with E-state index in [2.05, 4.69) is 20.6 Å². The maximum atomic E-state index is 10.5. The molecule has 21 heavy (non-hydrogen) atoms. The quantitative estimate of drug-likeness (QED) is 0.495. The van der Waals surface area contributed by atoms with Crippen molar-refractivity contribution in [3.05, 3.63) is 58.5 Å². The average Bonchev–Trinajstić information content (AvgIpc) is 2.49. The lowest BCUT2D eigenvalue weighted by Crippen LogP contribution is -2.30. The predicted molar refractivity (Wildman–Crippen MR) is 83.1 cm³/mol. The number of hydrogen-bond acceptors (Lipinski definition) is 5. The number of nitrogens with zero attached hydrogens (tertiary/aromatic N) is 3. The molecule has 0 aliphatic rings. The van der Waals surface area contributed by atoms with Crippen molar-refractivity contribution in [3.63, 3.8) is 0 Å². The Morgan fingerprint density at radius 1 is 1.29 bits per heavy atom. The highest BCUT2D eigenvalue weighted by atomic mass is 32.1. The average molecular weight is 303 g/mol. The number of hydrogen-bond donors (Lipinski definition) is 2. The molecule has 108 valence electrons. The smallest absolute Gasteiger partial charge is 0.287 e. The first-order valence-electron chi connectivity index (χ1n) is 6.20. The van der Waals surface area contributed by atoms with Crippen LogP contribution < -0.4 is 10.6 Å². The van der Waals surface area contributed by atoms with Gasteiger partial charge in [-0.2, -0.15) is 0 Å². The molecule has 0 unspecified atom stereocenters. The highest BCUT2D eigenvalue weighted by Crippen LogP contribution is 2.11. The molecule has 0 aromatic carbocycles. The van der Waals surface area contributed by atoms with E-state index in [1.54, 1.807) is 6.20 Å². The summed E-state index contributed by atoms with van der Waals surface area (Å²) in [4.78, 5) is 18.1. The Balaban J connectivity index is 1.78. The Labute approximate surface area is 126 Å². The van der Waals surface area contributed by atoms with Crippen molar-refractivity contribution >= 4 is 28.8 Å². The summed E-state index contributed by atoms with van der Waals surface area (Å²) in [6.45, 7) is 0.635. The van der Waals surface area contributed by atoms with Gasteiger partial charge in [0.05, 0.1) is 4.92 Å². The summed E-state index contributed by atoms with van der Waals surface area (Å²) in [6, 6.07) is 8.61. The molecule has 0 aliphatic carbocycles. The minimum atomic E-state index is -0.500. The minimum absolute atomic E-state index is 0.0606. The molecule has 0 saturated carbocycles. The second-order valence-corrected chi connectivity index (χ2v) is 4.52. The van der Waals surface area contributed by atoms with Gasteiger partial charge in [-0.05, 0) is 30.4 Å². The molecule has 2 aromatic heterocycles. The fourth-order valence-electron chi connectivity index (χ4n) is 1.58. The molecular formula is C13H13N5O2S. The molecule has 0 radical (unpaired) electrons. The monoisotopic (exact) mass is 303 g/mol. The Kier molecular flexibility index (Phi) is 5.10. The van der Waals surface area contributed by atoms with Crippen molar-refractivity contribution in [2.75, 3.05) is 11.9 Å². The van der Waals surface area contributed by atoms with Crippen LogP contribution in [0.4, 0.5) is 11.5 Å². The van der Waals surface area contributed by atoms with Gasteiger partial charge in [0.25, 0.3) is 5.69 Å². The van der Waals surface area contributed by atoms with E-state index in [4.69, 9.17) is 12.2 Å². The van der Waals surface area contributed by atoms with Crippen molar-refractivity contribution in [2.45, 2.75) is 6.42 Å². The van der Waals surface area contributed by atoms with Gasteiger partial charge in [-0.1, -0.05) is 6.07 Å². The van der Waals surface area contributed by atoms with Gasteiger partial charge in [0, 0.05) is 30.9 Å². The van der Waals surface area contributed by atoms with E-state index in [9.17, 15) is 10.1 Å². The molecule has 0 atom stereocenters. The van der Waals surface area contributed by atoms with Crippen LogP contribution in [0, 0.1) is 10.1 Å². The lowest BCUT2D eigenvalue weighted by molar-refractivity contribution is -0.385. The SMILES string of the molecule is O=[N+]([O-])c1ccc(NC(=S)NCCc2ccccn2)nc1. The maximum Gasteiger partial charge on any atom is 0.287 e. The van der Waals surface area contributed by atoms with Crippen LogP contribution >= 0.6 is 12.2 Å². The molecule has 2 N–H and O–H groups in total. The van der Waals surface area contributed by atoms with Crippen molar-refractivity contribution in [1.29, 1.82) is 0 Å². The van der Waals surface area contributed by atoms with Gasteiger partial charge in [-0.3, -0.25) is 15.1 Å². The van der Waals surface area contributed by atoms with Crippen molar-refractivity contribution in [3.8, 4) is 0 Å². The first-order valence-corrected chi connectivity index (χ1v) is 6.61. The molecule has 0 saturated heterocycles. The predicted octanol–water partition coefficient (Wildman–Crippen LogP) is 1.91. The number of pyridine rings is 2. The number of anilines is 1. The Morgan fingerprint density at radius 3 is 2.76 bits per heavy atom. The van der Waals surface area contributed by atoms with Gasteiger partial charge in [0.15, 0.2) is 5.11 Å². The highest BCUT2D eigenvalue weighted by Gasteiger charge is 2.05. The largest absolute Gasteiger partial charge is 0.362 e. The van der Waals surface area contributed by atoms with Crippen LogP contribution in [-0.2, 0) is 6.42 Å². The third-order valence-corrected chi connectivity index (χ3v) is 2.84. The summed E-state index contributed by atoms with van der Waals surface area (Å²) < 4.78 is 0. The first-order chi connectivity index (χ1) is 10.1. The zero-order valence-corrected chi connectivity index (χ0v) is 11.8. The van der Waals surface area contributed by atoms with Crippen LogP contribution in [0.25, 0.3) is 0 Å². The van der Waals surface area contributed by atoms with Crippen LogP contribution in [0.5, 0.6) is 0 Å². The van der Waals surface area contributed by atoms with Gasteiger partial charge < -0.3 is 10.6 Å². The molecule has 0 spiro atoms. The van der Waals surface area contributed by atoms with Gasteiger partial charge in [-0.15, -0.1) is 0 Å². The van der Waals surface area contributed by atoms with Crippen molar-refractivity contribution < 1.29 is 4.92 Å². The molecule has 0 aliphatic heterocycles. The molecule has 8 heteroatoms. The Morgan fingerprint density at radius 2 is 2.14 bits per heavy atom. The maximum absolute atomic E-state index is 10.5. The van der Waals surface area contributed by atoms with E-state index in [1.165, 1.54) is 18.3 Å². The van der Waals surface area contributed by atoms with Crippen LogP contribution in [0.15, 0.2) is 42.7 Å². The van der Waals surface area contributed by atoms with Crippen LogP contribution in [0.1, 0.15) is 5.69 Å². The number of aromatic nitrogens is 2. The normalized spacial score (nSPS) is 9.90. The first kappa shape index (κ1) is 14.8. The van der Waals surface area contributed by atoms with Gasteiger partial charge >= 0.3 is 0 Å². The molecular weight excluding hydrogens is 290 g/mol. The number of rotatable bonds is 5. The molecule has 2 rings (SSSR count). The van der Waals surface area contributed by atoms with E-state index < -0.39 is 4.92 Å². The van der Waals surface area contributed by atoms with E-state index in [-0.39, 0.29) is 5.69 Å². The number of nitrogens with one attached hydrogen (secondary N) is 2. The zero-order chi connectivity index (χ0) is 15.1. The number of nitro groups is 1. The minimum Gasteiger partial charge on any atom is -0.362 e. The second-order valence-electron chi connectivity index (χ2n) is 4.11. The molecule has 2 aromatic rings. The van der Waals surface area contributed by atoms with Gasteiger partial charge in [-0.25, -0.2) is 4.98 Å². The fraction of sp³-hybridized carbons (Fsp3) is 0.154. The van der Waals surface area contributed by atoms with Gasteiger partial charge in [0.2, 0.25) is 0 Å². The fourth-order valence-corrected chi connectivity index (χ4v) is 1.79. The molecule has 7 nitrogen and oxygen atoms in total. The molecule has 0 fully saturated rings. The Hall–Kier alpha value is -2.61. The lowest BCUT2D eigenvalue weighted by atomic mass is 10.3. The summed E-state index contributed by atoms with van der Waals surface area (Å²) in [5.41, 5.74) is 0.913. The zero-order valence-electron chi connectivity index (χ0n) is 11.0. The van der Waals surface area contributed by atoms with Crippen LogP contribution in [0.2, 0.25) is 0 Å². The second kappa shape index (κ2) is 7.25. The van der Waals surface area contributed by atoms with E-state index in [0.717, 1.165) is 12.1 Å². The molecule has 0 bridgehead atoms. The standard InChI is InChI=1S/C13H13N5O2S/c19-18(20)11-4-5-12(16-9-11)17-13(21)15-8-6-10-3-1-2-7-14-10/h1-5,7,9H,6,8H2,(H2,15,16,17,21). The van der Waals surface area contributed by atoms with Crippen LogP contribution in [0.3, 0.4) is 0 Å². The van der Waals surface area contributed by atoms with Gasteiger partial charge in [0.1, 0.15) is 12.0 Å². The van der Waals surface area contributed by atoms with Crippen molar-refractivity contribution in [1.82, 2.24) is 15.3 Å². The third-order valence-electron chi connectivity index (χ3n) is 2.59. The van der Waals surface area contributed by atoms with E-state index in [0.29, 0.717) is 17.5 Å².